The van der Waals surface area contributed by atoms with Gasteiger partial charge in [0.15, 0.2) is 16.6 Å². The molecule has 1 amide bonds. The van der Waals surface area contributed by atoms with Gasteiger partial charge in [-0.3, -0.25) is 9.69 Å². The molecule has 0 spiro atoms. The number of anilines is 1. The second kappa shape index (κ2) is 15.0. The fourth-order valence-electron chi connectivity index (χ4n) is 4.11. The first kappa shape index (κ1) is 31.5. The molecule has 1 heterocycles. The van der Waals surface area contributed by atoms with Crippen molar-refractivity contribution in [3.8, 4) is 23.0 Å². The van der Waals surface area contributed by atoms with Crippen LogP contribution in [0.4, 0.5) is 5.13 Å². The molecule has 0 saturated carbocycles. The molecule has 0 fully saturated rings. The predicted molar refractivity (Wildman–Crippen MR) is 158 cm³/mol. The summed E-state index contributed by atoms with van der Waals surface area (Å²) >= 11 is 1.50. The fraction of sp³-hybridized carbons (Fsp3) is 0.500. The van der Waals surface area contributed by atoms with Crippen molar-refractivity contribution in [1.82, 2.24) is 9.88 Å². The molecule has 0 aliphatic carbocycles. The average Bonchev–Trinajstić information content (AvgIpc) is 3.35. The number of hydrogen-bond acceptors (Lipinski definition) is 8. The number of hydrogen-bond donors (Lipinski definition) is 0. The Morgan fingerprint density at radius 3 is 2.03 bits per heavy atom. The minimum Gasteiger partial charge on any atom is -0.494 e. The molecule has 0 radical (unpaired) electrons. The third kappa shape index (κ3) is 7.01. The summed E-state index contributed by atoms with van der Waals surface area (Å²) in [5.74, 6) is 2.01. The second-order valence-electron chi connectivity index (χ2n) is 8.34. The van der Waals surface area contributed by atoms with E-state index >= 15 is 0 Å². The lowest BCUT2D eigenvalue weighted by atomic mass is 10.1. The van der Waals surface area contributed by atoms with Crippen LogP contribution in [0.5, 0.6) is 23.0 Å². The highest BCUT2D eigenvalue weighted by atomic mass is 35.5. The summed E-state index contributed by atoms with van der Waals surface area (Å²) in [5, 5.41) is 0.629. The van der Waals surface area contributed by atoms with Crippen LogP contribution in [0.3, 0.4) is 0 Å². The van der Waals surface area contributed by atoms with Gasteiger partial charge in [0.2, 0.25) is 5.75 Å². The molecule has 0 N–H and O–H groups in total. The molecule has 0 bridgehead atoms. The largest absolute Gasteiger partial charge is 0.494 e. The Morgan fingerprint density at radius 1 is 0.895 bits per heavy atom. The van der Waals surface area contributed by atoms with E-state index in [1.54, 1.807) is 24.1 Å². The number of halogens is 1. The molecule has 210 valence electrons. The molecule has 0 aliphatic heterocycles. The van der Waals surface area contributed by atoms with Crippen LogP contribution in [0.2, 0.25) is 0 Å². The van der Waals surface area contributed by atoms with Gasteiger partial charge in [-0.25, -0.2) is 4.98 Å². The lowest BCUT2D eigenvalue weighted by molar-refractivity contribution is 0.0982. The van der Waals surface area contributed by atoms with E-state index in [2.05, 4.69) is 18.7 Å². The predicted octanol–water partition coefficient (Wildman–Crippen LogP) is 6.22. The summed E-state index contributed by atoms with van der Waals surface area (Å²) in [5.41, 5.74) is 2.31. The number of fused-ring (bicyclic) bond motifs is 1. The Hall–Kier alpha value is -2.75. The number of likely N-dealkylation sites (N-methyl/N-ethyl adjacent to an activating group) is 1. The van der Waals surface area contributed by atoms with E-state index in [-0.39, 0.29) is 18.3 Å². The van der Waals surface area contributed by atoms with E-state index in [0.717, 1.165) is 35.4 Å². The number of aromatic nitrogens is 1. The van der Waals surface area contributed by atoms with Gasteiger partial charge in [-0.2, -0.15) is 0 Å². The van der Waals surface area contributed by atoms with Gasteiger partial charge >= 0.3 is 0 Å². The monoisotopic (exact) mass is 565 g/mol. The van der Waals surface area contributed by atoms with Crippen molar-refractivity contribution in [2.75, 3.05) is 58.0 Å². The Morgan fingerprint density at radius 2 is 1.50 bits per heavy atom. The van der Waals surface area contributed by atoms with Crippen LogP contribution in [-0.4, -0.2) is 68.9 Å². The summed E-state index contributed by atoms with van der Waals surface area (Å²) in [4.78, 5) is 23.0. The van der Waals surface area contributed by atoms with Gasteiger partial charge in [0.1, 0.15) is 11.3 Å². The van der Waals surface area contributed by atoms with E-state index in [0.29, 0.717) is 60.1 Å². The van der Waals surface area contributed by atoms with Crippen LogP contribution in [0.1, 0.15) is 50.5 Å². The second-order valence-corrected chi connectivity index (χ2v) is 9.32. The minimum absolute atomic E-state index is 0. The maximum atomic E-state index is 14.1. The molecule has 2 aromatic carbocycles. The smallest absolute Gasteiger partial charge is 0.260 e. The molecule has 0 unspecified atom stereocenters. The van der Waals surface area contributed by atoms with Crippen molar-refractivity contribution < 1.29 is 23.7 Å². The number of rotatable bonds is 14. The lowest BCUT2D eigenvalue weighted by Crippen LogP contribution is -2.39. The lowest BCUT2D eigenvalue weighted by Gasteiger charge is -2.25. The Labute approximate surface area is 236 Å². The number of ether oxygens (including phenoxy) is 4. The number of carbonyl (C=O) groups is 1. The van der Waals surface area contributed by atoms with Gasteiger partial charge in [-0.1, -0.05) is 31.3 Å². The first-order valence-electron chi connectivity index (χ1n) is 13.0. The van der Waals surface area contributed by atoms with E-state index < -0.39 is 0 Å². The molecule has 3 aromatic rings. The standard InChI is InChI=1S/C28H39N3O5S.ClH/c1-8-30(9-2)15-16-31(28-29-24-21(33-7)14-13-19(6)26(24)37-28)27(32)20-17-22(34-10-3)25(36-12-5)23(18-20)35-11-4;/h13-14,17-18H,8-12,15-16H2,1-7H3;1H. The van der Waals surface area contributed by atoms with Gasteiger partial charge in [-0.05, 0) is 64.5 Å². The highest BCUT2D eigenvalue weighted by molar-refractivity contribution is 7.22. The van der Waals surface area contributed by atoms with Gasteiger partial charge in [0.25, 0.3) is 5.91 Å². The van der Waals surface area contributed by atoms with Crippen LogP contribution in [-0.2, 0) is 0 Å². The van der Waals surface area contributed by atoms with Gasteiger partial charge in [0, 0.05) is 18.7 Å². The van der Waals surface area contributed by atoms with Crippen molar-refractivity contribution in [3.63, 3.8) is 0 Å². The maximum Gasteiger partial charge on any atom is 0.260 e. The zero-order valence-electron chi connectivity index (χ0n) is 23.5. The Kier molecular flexibility index (Phi) is 12.4. The number of carbonyl (C=O) groups excluding carboxylic acids is 1. The summed E-state index contributed by atoms with van der Waals surface area (Å²) in [6.45, 7) is 16.3. The molecule has 1 aromatic heterocycles. The molecular formula is C28H40ClN3O5S. The normalized spacial score (nSPS) is 10.8. The van der Waals surface area contributed by atoms with Crippen LogP contribution in [0, 0.1) is 6.92 Å². The van der Waals surface area contributed by atoms with Gasteiger partial charge in [0.05, 0.1) is 31.6 Å². The molecule has 8 nitrogen and oxygen atoms in total. The van der Waals surface area contributed by atoms with E-state index in [9.17, 15) is 4.79 Å². The van der Waals surface area contributed by atoms with Crippen molar-refractivity contribution in [2.45, 2.75) is 41.5 Å². The average molecular weight is 566 g/mol. The van der Waals surface area contributed by atoms with Crippen molar-refractivity contribution in [1.29, 1.82) is 0 Å². The summed E-state index contributed by atoms with van der Waals surface area (Å²) in [6, 6.07) is 7.41. The molecule has 3 rings (SSSR count). The molecule has 38 heavy (non-hydrogen) atoms. The van der Waals surface area contributed by atoms with Crippen LogP contribution < -0.4 is 23.8 Å². The molecule has 0 atom stereocenters. The number of benzene rings is 2. The maximum absolute atomic E-state index is 14.1. The Balaban J connectivity index is 0.00000507. The molecule has 0 aliphatic rings. The van der Waals surface area contributed by atoms with Crippen LogP contribution in [0.15, 0.2) is 24.3 Å². The molecular weight excluding hydrogens is 526 g/mol. The highest BCUT2D eigenvalue weighted by Gasteiger charge is 2.26. The zero-order valence-corrected chi connectivity index (χ0v) is 25.1. The third-order valence-corrected chi connectivity index (χ3v) is 7.29. The number of amides is 1. The van der Waals surface area contributed by atoms with Crippen LogP contribution in [0.25, 0.3) is 10.2 Å². The van der Waals surface area contributed by atoms with E-state index in [4.69, 9.17) is 23.9 Å². The van der Waals surface area contributed by atoms with Crippen LogP contribution >= 0.6 is 23.7 Å². The Bertz CT molecular complexity index is 1170. The summed E-state index contributed by atoms with van der Waals surface area (Å²) in [6.07, 6.45) is 0. The van der Waals surface area contributed by atoms with Gasteiger partial charge < -0.3 is 23.8 Å². The third-order valence-electron chi connectivity index (χ3n) is 6.08. The highest BCUT2D eigenvalue weighted by Crippen LogP contribution is 2.41. The number of nitrogens with zero attached hydrogens (tertiary/aromatic N) is 3. The molecule has 0 saturated heterocycles. The number of aryl methyl sites for hydroxylation is 1. The zero-order chi connectivity index (χ0) is 26.9. The van der Waals surface area contributed by atoms with Crippen molar-refractivity contribution in [2.24, 2.45) is 0 Å². The minimum atomic E-state index is -0.173. The topological polar surface area (TPSA) is 73.4 Å². The fourth-order valence-corrected chi connectivity index (χ4v) is 5.19. The quantitative estimate of drug-likeness (QED) is 0.230. The number of thiazole rings is 1. The first-order valence-corrected chi connectivity index (χ1v) is 13.8. The SMILES string of the molecule is CCOc1cc(C(=O)N(CCN(CC)CC)c2nc3c(OC)ccc(C)c3s2)cc(OCC)c1OCC.Cl. The van der Waals surface area contributed by atoms with Crippen molar-refractivity contribution >= 4 is 45.0 Å². The summed E-state index contributed by atoms with van der Waals surface area (Å²) in [7, 11) is 1.64. The van der Waals surface area contributed by atoms with E-state index in [1.165, 1.54) is 11.3 Å². The van der Waals surface area contributed by atoms with E-state index in [1.807, 2.05) is 39.8 Å². The van der Waals surface area contributed by atoms with Crippen molar-refractivity contribution in [3.05, 3.63) is 35.4 Å². The van der Waals surface area contributed by atoms with Gasteiger partial charge in [-0.15, -0.1) is 12.4 Å². The molecule has 10 heteroatoms. The first-order chi connectivity index (χ1) is 17.9. The number of methoxy groups -OCH3 is 1. The summed E-state index contributed by atoms with van der Waals surface area (Å²) < 4.78 is 24.1.